The number of hydrogen-bond donors (Lipinski definition) is 1. The molecule has 0 saturated heterocycles. The van der Waals surface area contributed by atoms with Gasteiger partial charge in [0.15, 0.2) is 0 Å². The van der Waals surface area contributed by atoms with Gasteiger partial charge < -0.3 is 10.2 Å². The normalized spacial score (nSPS) is 10.4. The van der Waals surface area contributed by atoms with Crippen LogP contribution in [0.1, 0.15) is 16.4 Å². The van der Waals surface area contributed by atoms with E-state index in [1.165, 1.54) is 6.20 Å². The maximum atomic E-state index is 12.8. The number of aromatic nitrogens is 1. The van der Waals surface area contributed by atoms with E-state index in [0.717, 1.165) is 5.69 Å². The quantitative estimate of drug-likeness (QED) is 0.750. The van der Waals surface area contributed by atoms with Crippen molar-refractivity contribution >= 4 is 23.0 Å². The van der Waals surface area contributed by atoms with Crippen molar-refractivity contribution in [3.63, 3.8) is 0 Å². The zero-order valence-electron chi connectivity index (χ0n) is 12.1. The Hall–Kier alpha value is -3.08. The highest BCUT2D eigenvalue weighted by Crippen LogP contribution is 2.28. The van der Waals surface area contributed by atoms with Gasteiger partial charge >= 0.3 is 5.91 Å². The van der Waals surface area contributed by atoms with Crippen molar-refractivity contribution < 1.29 is 9.21 Å². The molecule has 5 nitrogen and oxygen atoms in total. The van der Waals surface area contributed by atoms with Crippen molar-refractivity contribution in [2.75, 3.05) is 10.6 Å². The van der Waals surface area contributed by atoms with Gasteiger partial charge in [0.1, 0.15) is 5.76 Å². The summed E-state index contributed by atoms with van der Waals surface area (Å²) >= 11 is 0. The lowest BCUT2D eigenvalue weighted by Gasteiger charge is -2.21. The third-order valence-corrected chi connectivity index (χ3v) is 3.17. The standard InChI is InChI=1S/C17H15N3O2/c1-12-11-19-16(22-12)17(21)20(14-5-3-2-4-6-14)15-9-7-13(18)8-10-15/h2-11H,18H2,1H3. The predicted molar refractivity (Wildman–Crippen MR) is 85.0 cm³/mol. The molecule has 1 aromatic heterocycles. The fourth-order valence-corrected chi connectivity index (χ4v) is 2.13. The Morgan fingerprint density at radius 1 is 1.05 bits per heavy atom. The molecule has 0 atom stereocenters. The van der Waals surface area contributed by atoms with Gasteiger partial charge in [-0.1, -0.05) is 18.2 Å². The SMILES string of the molecule is Cc1cnc(C(=O)N(c2ccccc2)c2ccc(N)cc2)o1. The maximum Gasteiger partial charge on any atom is 0.318 e. The van der Waals surface area contributed by atoms with Crippen molar-refractivity contribution in [2.24, 2.45) is 0 Å². The fourth-order valence-electron chi connectivity index (χ4n) is 2.13. The number of anilines is 3. The Morgan fingerprint density at radius 3 is 2.27 bits per heavy atom. The molecule has 22 heavy (non-hydrogen) atoms. The van der Waals surface area contributed by atoms with Crippen LogP contribution in [0, 0.1) is 6.92 Å². The van der Waals surface area contributed by atoms with Crippen LogP contribution in [-0.2, 0) is 0 Å². The maximum absolute atomic E-state index is 12.8. The highest BCUT2D eigenvalue weighted by atomic mass is 16.4. The molecule has 0 fully saturated rings. The molecule has 3 aromatic rings. The van der Waals surface area contributed by atoms with Gasteiger partial charge in [0, 0.05) is 17.1 Å². The number of amides is 1. The molecule has 0 bridgehead atoms. The number of rotatable bonds is 3. The second-order valence-electron chi connectivity index (χ2n) is 4.84. The number of para-hydroxylation sites is 1. The molecule has 0 aliphatic rings. The molecule has 1 amide bonds. The number of nitrogens with zero attached hydrogens (tertiary/aromatic N) is 2. The van der Waals surface area contributed by atoms with E-state index in [1.54, 1.807) is 36.1 Å². The topological polar surface area (TPSA) is 72.4 Å². The molecule has 1 heterocycles. The summed E-state index contributed by atoms with van der Waals surface area (Å²) in [5.74, 6) is 0.316. The minimum atomic E-state index is -0.330. The molecule has 2 aromatic carbocycles. The number of oxazole rings is 1. The number of hydrogen-bond acceptors (Lipinski definition) is 4. The average molecular weight is 293 g/mol. The van der Waals surface area contributed by atoms with Gasteiger partial charge in [-0.3, -0.25) is 9.69 Å². The van der Waals surface area contributed by atoms with Gasteiger partial charge in [0.25, 0.3) is 5.89 Å². The van der Waals surface area contributed by atoms with Crippen LogP contribution >= 0.6 is 0 Å². The van der Waals surface area contributed by atoms with Crippen LogP contribution in [0.5, 0.6) is 0 Å². The van der Waals surface area contributed by atoms with Gasteiger partial charge in [0.2, 0.25) is 0 Å². The lowest BCUT2D eigenvalue weighted by atomic mass is 10.2. The Kier molecular flexibility index (Phi) is 3.62. The fraction of sp³-hybridized carbons (Fsp3) is 0.0588. The highest BCUT2D eigenvalue weighted by Gasteiger charge is 2.23. The van der Waals surface area contributed by atoms with E-state index in [4.69, 9.17) is 10.2 Å². The largest absolute Gasteiger partial charge is 0.438 e. The van der Waals surface area contributed by atoms with E-state index in [0.29, 0.717) is 17.1 Å². The molecular weight excluding hydrogens is 278 g/mol. The van der Waals surface area contributed by atoms with E-state index in [1.807, 2.05) is 30.3 Å². The summed E-state index contributed by atoms with van der Waals surface area (Å²) in [4.78, 5) is 18.4. The van der Waals surface area contributed by atoms with E-state index in [2.05, 4.69) is 4.98 Å². The third-order valence-electron chi connectivity index (χ3n) is 3.17. The minimum Gasteiger partial charge on any atom is -0.438 e. The van der Waals surface area contributed by atoms with Crippen LogP contribution in [0.25, 0.3) is 0 Å². The van der Waals surface area contributed by atoms with Crippen molar-refractivity contribution in [2.45, 2.75) is 6.92 Å². The molecule has 0 spiro atoms. The number of carbonyl (C=O) groups is 1. The summed E-state index contributed by atoms with van der Waals surface area (Å²) in [6.07, 6.45) is 1.53. The average Bonchev–Trinajstić information content (AvgIpc) is 2.97. The van der Waals surface area contributed by atoms with Crippen molar-refractivity contribution in [3.05, 3.63) is 72.4 Å². The zero-order chi connectivity index (χ0) is 15.5. The summed E-state index contributed by atoms with van der Waals surface area (Å²) in [6, 6.07) is 16.4. The molecule has 2 N–H and O–H groups in total. The molecular formula is C17H15N3O2. The molecule has 110 valence electrons. The predicted octanol–water partition coefficient (Wildman–Crippen LogP) is 3.54. The summed E-state index contributed by atoms with van der Waals surface area (Å²) in [6.45, 7) is 1.75. The molecule has 5 heteroatoms. The second kappa shape index (κ2) is 5.73. The summed E-state index contributed by atoms with van der Waals surface area (Å²) in [5, 5.41) is 0. The van der Waals surface area contributed by atoms with E-state index < -0.39 is 0 Å². The Balaban J connectivity index is 2.07. The van der Waals surface area contributed by atoms with Crippen molar-refractivity contribution in [1.29, 1.82) is 0 Å². The van der Waals surface area contributed by atoms with Crippen LogP contribution in [0.15, 0.2) is 65.2 Å². The number of nitrogen functional groups attached to an aromatic ring is 1. The lowest BCUT2D eigenvalue weighted by molar-refractivity contribution is 0.0965. The zero-order valence-corrected chi connectivity index (χ0v) is 12.1. The Morgan fingerprint density at radius 2 is 1.68 bits per heavy atom. The molecule has 0 aliphatic carbocycles. The lowest BCUT2D eigenvalue weighted by Crippen LogP contribution is -2.26. The second-order valence-corrected chi connectivity index (χ2v) is 4.84. The first-order valence-electron chi connectivity index (χ1n) is 6.82. The van der Waals surface area contributed by atoms with E-state index in [9.17, 15) is 4.79 Å². The third kappa shape index (κ3) is 2.69. The van der Waals surface area contributed by atoms with Crippen LogP contribution in [0.2, 0.25) is 0 Å². The summed E-state index contributed by atoms with van der Waals surface area (Å²) in [7, 11) is 0. The number of benzene rings is 2. The van der Waals surface area contributed by atoms with E-state index >= 15 is 0 Å². The first-order valence-corrected chi connectivity index (χ1v) is 6.82. The molecule has 0 aliphatic heterocycles. The van der Waals surface area contributed by atoms with Gasteiger partial charge in [-0.25, -0.2) is 4.98 Å². The molecule has 0 unspecified atom stereocenters. The van der Waals surface area contributed by atoms with Gasteiger partial charge in [0.05, 0.1) is 6.20 Å². The van der Waals surface area contributed by atoms with Crippen LogP contribution in [0.4, 0.5) is 17.1 Å². The number of carbonyl (C=O) groups excluding carboxylic acids is 1. The summed E-state index contributed by atoms with van der Waals surface area (Å²) < 4.78 is 5.37. The van der Waals surface area contributed by atoms with Crippen LogP contribution in [-0.4, -0.2) is 10.9 Å². The molecule has 0 saturated carbocycles. The molecule has 0 radical (unpaired) electrons. The van der Waals surface area contributed by atoms with E-state index in [-0.39, 0.29) is 11.8 Å². The number of nitrogens with two attached hydrogens (primary N) is 1. The van der Waals surface area contributed by atoms with Gasteiger partial charge in [-0.2, -0.15) is 0 Å². The van der Waals surface area contributed by atoms with Crippen molar-refractivity contribution in [3.8, 4) is 0 Å². The monoisotopic (exact) mass is 293 g/mol. The van der Waals surface area contributed by atoms with Gasteiger partial charge in [-0.15, -0.1) is 0 Å². The number of aryl methyl sites for hydroxylation is 1. The van der Waals surface area contributed by atoms with Crippen LogP contribution in [0.3, 0.4) is 0 Å². The first kappa shape index (κ1) is 13.9. The van der Waals surface area contributed by atoms with Crippen molar-refractivity contribution in [1.82, 2.24) is 4.98 Å². The Labute approximate surface area is 128 Å². The summed E-state index contributed by atoms with van der Waals surface area (Å²) in [5.41, 5.74) is 7.78. The van der Waals surface area contributed by atoms with Gasteiger partial charge in [-0.05, 0) is 43.3 Å². The minimum absolute atomic E-state index is 0.0539. The van der Waals surface area contributed by atoms with Crippen LogP contribution < -0.4 is 10.6 Å². The first-order chi connectivity index (χ1) is 10.6. The highest BCUT2D eigenvalue weighted by molar-refractivity contribution is 6.08. The Bertz CT molecular complexity index is 779. The molecule has 3 rings (SSSR count). The smallest absolute Gasteiger partial charge is 0.318 e.